The number of esters is 1. The summed E-state index contributed by atoms with van der Waals surface area (Å²) >= 11 is 0. The molecule has 40 heavy (non-hydrogen) atoms. The molecule has 1 spiro atoms. The molecule has 4 heterocycles. The number of nitrogens with one attached hydrogen (secondary N) is 1. The van der Waals surface area contributed by atoms with Crippen LogP contribution in [0, 0.1) is 11.3 Å². The van der Waals surface area contributed by atoms with Crippen LogP contribution in [0.15, 0.2) is 29.2 Å². The predicted octanol–water partition coefficient (Wildman–Crippen LogP) is 2.04. The number of aryl methyl sites for hydroxylation is 1. The van der Waals surface area contributed by atoms with Crippen molar-refractivity contribution in [2.24, 2.45) is 11.3 Å². The molecule has 2 aromatic rings. The van der Waals surface area contributed by atoms with E-state index in [-0.39, 0.29) is 47.4 Å². The van der Waals surface area contributed by atoms with E-state index in [2.05, 4.69) is 5.32 Å². The molecule has 5 rings (SSSR count). The summed E-state index contributed by atoms with van der Waals surface area (Å²) in [6, 6.07) is 5.96. The number of carbonyl (C=O) groups is 2. The van der Waals surface area contributed by atoms with E-state index in [0.717, 1.165) is 30.5 Å². The number of hydrogen-bond donors (Lipinski definition) is 1. The van der Waals surface area contributed by atoms with Gasteiger partial charge in [-0.15, -0.1) is 0 Å². The summed E-state index contributed by atoms with van der Waals surface area (Å²) in [5.41, 5.74) is 2.62. The van der Waals surface area contributed by atoms with Crippen LogP contribution < -0.4 is 5.32 Å². The van der Waals surface area contributed by atoms with Crippen molar-refractivity contribution in [1.29, 1.82) is 0 Å². The molecule has 2 saturated heterocycles. The summed E-state index contributed by atoms with van der Waals surface area (Å²) in [7, 11) is -3.72. The largest absolute Gasteiger partial charge is 0.462 e. The molecule has 0 radical (unpaired) electrons. The highest BCUT2D eigenvalue weighted by molar-refractivity contribution is 7.89. The van der Waals surface area contributed by atoms with E-state index in [1.165, 1.54) is 16.4 Å². The van der Waals surface area contributed by atoms with Crippen molar-refractivity contribution in [3.05, 3.63) is 46.8 Å². The fourth-order valence-corrected chi connectivity index (χ4v) is 7.19. The molecule has 218 valence electrons. The number of nitrogens with zero attached hydrogens (tertiary/aromatic N) is 3. The Balaban J connectivity index is 1.27. The molecule has 1 N–H and O–H groups in total. The van der Waals surface area contributed by atoms with Crippen molar-refractivity contribution in [1.82, 2.24) is 19.4 Å². The molecule has 11 nitrogen and oxygen atoms in total. The lowest BCUT2D eigenvalue weighted by Crippen LogP contribution is -2.40. The highest BCUT2D eigenvalue weighted by Crippen LogP contribution is 2.38. The zero-order chi connectivity index (χ0) is 28.3. The van der Waals surface area contributed by atoms with E-state index in [0.29, 0.717) is 51.6 Å². The lowest BCUT2D eigenvalue weighted by Gasteiger charge is -2.36. The van der Waals surface area contributed by atoms with Crippen molar-refractivity contribution >= 4 is 21.9 Å². The van der Waals surface area contributed by atoms with Gasteiger partial charge in [0, 0.05) is 45.0 Å². The van der Waals surface area contributed by atoms with Gasteiger partial charge in [-0.3, -0.25) is 9.48 Å². The Hall–Kier alpha value is -2.80. The lowest BCUT2D eigenvalue weighted by molar-refractivity contribution is 0.0160. The minimum atomic E-state index is -3.72. The number of sulfonamides is 1. The molecular formula is C28H38N4O7S. The third-order valence-corrected chi connectivity index (χ3v) is 9.99. The SMILES string of the molecule is CCn1nc(C[C@@H](C)COC(=O)c2cccc(S(=O)(=O)N3CCOCC3)c2)c2c1C(=O)NCC1(CCOCC1)C2. The van der Waals surface area contributed by atoms with E-state index < -0.39 is 16.0 Å². The van der Waals surface area contributed by atoms with E-state index in [9.17, 15) is 18.0 Å². The third-order valence-electron chi connectivity index (χ3n) is 8.10. The number of carbonyl (C=O) groups excluding carboxylic acids is 2. The minimum Gasteiger partial charge on any atom is -0.462 e. The Morgan fingerprint density at radius 1 is 1.18 bits per heavy atom. The van der Waals surface area contributed by atoms with Crippen molar-refractivity contribution in [2.75, 3.05) is 52.7 Å². The molecule has 0 unspecified atom stereocenters. The monoisotopic (exact) mass is 574 g/mol. The average Bonchev–Trinajstić information content (AvgIpc) is 3.24. The first kappa shape index (κ1) is 28.7. The Bertz CT molecular complexity index is 1340. The quantitative estimate of drug-likeness (QED) is 0.475. The molecule has 12 heteroatoms. The molecule has 1 amide bonds. The van der Waals surface area contributed by atoms with E-state index in [1.807, 2.05) is 13.8 Å². The Morgan fingerprint density at radius 3 is 2.62 bits per heavy atom. The van der Waals surface area contributed by atoms with Gasteiger partial charge in [0.1, 0.15) is 5.69 Å². The molecule has 3 aliphatic heterocycles. The molecule has 3 aliphatic rings. The van der Waals surface area contributed by atoms with Gasteiger partial charge in [-0.2, -0.15) is 9.40 Å². The van der Waals surface area contributed by atoms with Crippen LogP contribution in [0.4, 0.5) is 0 Å². The van der Waals surface area contributed by atoms with Crippen molar-refractivity contribution in [3.8, 4) is 0 Å². The third kappa shape index (κ3) is 5.95. The summed E-state index contributed by atoms with van der Waals surface area (Å²) in [6.07, 6.45) is 3.08. The second kappa shape index (κ2) is 12.0. The van der Waals surface area contributed by atoms with Crippen LogP contribution in [0.1, 0.15) is 58.8 Å². The first-order chi connectivity index (χ1) is 19.2. The van der Waals surface area contributed by atoms with Gasteiger partial charge in [0.15, 0.2) is 0 Å². The zero-order valence-corrected chi connectivity index (χ0v) is 24.0. The van der Waals surface area contributed by atoms with Crippen LogP contribution in [0.2, 0.25) is 0 Å². The van der Waals surface area contributed by atoms with Crippen LogP contribution in [0.3, 0.4) is 0 Å². The number of benzene rings is 1. The van der Waals surface area contributed by atoms with Crippen LogP contribution in [0.5, 0.6) is 0 Å². The number of rotatable bonds is 8. The van der Waals surface area contributed by atoms with E-state index in [1.54, 1.807) is 16.8 Å². The highest BCUT2D eigenvalue weighted by atomic mass is 32.2. The first-order valence-corrected chi connectivity index (χ1v) is 15.5. The Kier molecular flexibility index (Phi) is 8.60. The molecular weight excluding hydrogens is 536 g/mol. The molecule has 1 atom stereocenters. The van der Waals surface area contributed by atoms with Crippen LogP contribution in [0.25, 0.3) is 0 Å². The predicted molar refractivity (Wildman–Crippen MR) is 146 cm³/mol. The number of morpholine rings is 1. The fraction of sp³-hybridized carbons (Fsp3) is 0.607. The smallest absolute Gasteiger partial charge is 0.338 e. The average molecular weight is 575 g/mol. The molecule has 0 aliphatic carbocycles. The van der Waals surface area contributed by atoms with Crippen molar-refractivity contribution in [3.63, 3.8) is 0 Å². The van der Waals surface area contributed by atoms with Gasteiger partial charge < -0.3 is 19.5 Å². The van der Waals surface area contributed by atoms with Gasteiger partial charge in [0.05, 0.1) is 36.0 Å². The number of hydrogen-bond acceptors (Lipinski definition) is 8. The van der Waals surface area contributed by atoms with E-state index in [4.69, 9.17) is 19.3 Å². The summed E-state index contributed by atoms with van der Waals surface area (Å²) < 4.78 is 45.6. The van der Waals surface area contributed by atoms with Crippen molar-refractivity contribution < 1.29 is 32.2 Å². The number of aromatic nitrogens is 2. The second-order valence-corrected chi connectivity index (χ2v) is 13.0. The normalized spacial score (nSPS) is 20.4. The zero-order valence-electron chi connectivity index (χ0n) is 23.2. The number of fused-ring (bicyclic) bond motifs is 1. The maximum Gasteiger partial charge on any atom is 0.338 e. The summed E-state index contributed by atoms with van der Waals surface area (Å²) in [5, 5.41) is 7.91. The summed E-state index contributed by atoms with van der Waals surface area (Å²) in [4.78, 5) is 26.0. The highest BCUT2D eigenvalue weighted by Gasteiger charge is 2.40. The Labute approximate surface area is 235 Å². The van der Waals surface area contributed by atoms with Gasteiger partial charge in [0.2, 0.25) is 10.0 Å². The van der Waals surface area contributed by atoms with E-state index >= 15 is 0 Å². The summed E-state index contributed by atoms with van der Waals surface area (Å²) in [6.45, 7) is 7.91. The van der Waals surface area contributed by atoms with Crippen LogP contribution in [-0.4, -0.2) is 87.0 Å². The van der Waals surface area contributed by atoms with Gasteiger partial charge >= 0.3 is 5.97 Å². The van der Waals surface area contributed by atoms with Gasteiger partial charge in [-0.25, -0.2) is 13.2 Å². The van der Waals surface area contributed by atoms with Crippen LogP contribution in [-0.2, 0) is 43.6 Å². The maximum absolute atomic E-state index is 13.1. The summed E-state index contributed by atoms with van der Waals surface area (Å²) in [5.74, 6) is -0.736. The first-order valence-electron chi connectivity index (χ1n) is 14.0. The van der Waals surface area contributed by atoms with Gasteiger partial charge in [-0.1, -0.05) is 13.0 Å². The van der Waals surface area contributed by atoms with Gasteiger partial charge in [-0.05, 0) is 62.1 Å². The molecule has 0 bridgehead atoms. The fourth-order valence-electron chi connectivity index (χ4n) is 5.74. The number of ether oxygens (including phenoxy) is 3. The van der Waals surface area contributed by atoms with Crippen LogP contribution >= 0.6 is 0 Å². The Morgan fingerprint density at radius 2 is 1.90 bits per heavy atom. The minimum absolute atomic E-state index is 0.0439. The number of amides is 1. The molecule has 0 saturated carbocycles. The standard InChI is InChI=1S/C28H38N4O7S/c1-3-32-25-23(17-28(19-29-26(25)33)7-11-37-12-8-28)24(30-32)15-20(2)18-39-27(34)21-5-4-6-22(16-21)40(35,36)31-9-13-38-14-10-31/h4-6,16,20H,3,7-15,17-19H2,1-2H3,(H,29,33)/t20-/m1/s1. The van der Waals surface area contributed by atoms with Crippen molar-refractivity contribution in [2.45, 2.75) is 51.0 Å². The molecule has 1 aromatic heterocycles. The topological polar surface area (TPSA) is 129 Å². The molecule has 1 aromatic carbocycles. The molecule has 2 fully saturated rings. The maximum atomic E-state index is 13.1. The lowest BCUT2D eigenvalue weighted by atomic mass is 9.75. The second-order valence-electron chi connectivity index (χ2n) is 11.0. The van der Waals surface area contributed by atoms with Gasteiger partial charge in [0.25, 0.3) is 5.91 Å².